The monoisotopic (exact) mass is 381 g/mol. The fourth-order valence-electron chi connectivity index (χ4n) is 3.37. The molecule has 7 nitrogen and oxygen atoms in total. The Morgan fingerprint density at radius 2 is 2.25 bits per heavy atom. The highest BCUT2D eigenvalue weighted by Crippen LogP contribution is 2.25. The molecule has 1 aromatic carbocycles. The summed E-state index contributed by atoms with van der Waals surface area (Å²) in [5.74, 6) is 0.898. The predicted octanol–water partition coefficient (Wildman–Crippen LogP) is 3.44. The van der Waals surface area contributed by atoms with Gasteiger partial charge in [-0.25, -0.2) is 4.98 Å². The molecule has 2 aromatic heterocycles. The van der Waals surface area contributed by atoms with Gasteiger partial charge in [-0.2, -0.15) is 0 Å². The quantitative estimate of drug-likeness (QED) is 0.651. The van der Waals surface area contributed by atoms with Crippen LogP contribution in [0, 0.1) is 0 Å². The van der Waals surface area contributed by atoms with Gasteiger partial charge in [-0.1, -0.05) is 12.1 Å². The van der Waals surface area contributed by atoms with Crippen molar-refractivity contribution in [3.05, 3.63) is 54.5 Å². The molecular formula is C21H23N3O4. The van der Waals surface area contributed by atoms with E-state index in [0.717, 1.165) is 42.4 Å². The van der Waals surface area contributed by atoms with Gasteiger partial charge in [0.15, 0.2) is 12.3 Å². The second-order valence-electron chi connectivity index (χ2n) is 6.94. The highest BCUT2D eigenvalue weighted by atomic mass is 16.5. The van der Waals surface area contributed by atoms with Crippen LogP contribution in [0.2, 0.25) is 0 Å². The molecule has 1 fully saturated rings. The van der Waals surface area contributed by atoms with E-state index in [-0.39, 0.29) is 24.3 Å². The van der Waals surface area contributed by atoms with E-state index in [2.05, 4.69) is 9.97 Å². The second-order valence-corrected chi connectivity index (χ2v) is 6.94. The lowest BCUT2D eigenvalue weighted by atomic mass is 10.1. The maximum Gasteiger partial charge on any atom is 0.275 e. The van der Waals surface area contributed by atoms with Crippen molar-refractivity contribution in [3.63, 3.8) is 0 Å². The van der Waals surface area contributed by atoms with Gasteiger partial charge in [0.1, 0.15) is 12.0 Å². The minimum absolute atomic E-state index is 0.0956. The van der Waals surface area contributed by atoms with Gasteiger partial charge in [-0.3, -0.25) is 9.78 Å². The summed E-state index contributed by atoms with van der Waals surface area (Å²) in [6.07, 6.45) is 8.20. The van der Waals surface area contributed by atoms with E-state index in [1.54, 1.807) is 24.3 Å². The minimum Gasteiger partial charge on any atom is -0.483 e. The normalized spacial score (nSPS) is 16.8. The summed E-state index contributed by atoms with van der Waals surface area (Å²) < 4.78 is 17.0. The first-order chi connectivity index (χ1) is 13.7. The summed E-state index contributed by atoms with van der Waals surface area (Å²) in [4.78, 5) is 22.6. The summed E-state index contributed by atoms with van der Waals surface area (Å²) >= 11 is 0. The molecule has 0 aliphatic carbocycles. The van der Waals surface area contributed by atoms with Crippen molar-refractivity contribution in [3.8, 4) is 5.75 Å². The molecule has 7 heteroatoms. The standard InChI is InChI=1S/C21H23N3O4/c1-24(12-16-6-2-3-10-26-16)21(25)18-13-28-20(23-18)14-27-19-7-4-5-15-11-22-9-8-17(15)19/h4-5,7-9,11,13,16H,2-3,6,10,12,14H2,1H3/t16-/m1/s1. The van der Waals surface area contributed by atoms with Crippen LogP contribution in [0.4, 0.5) is 0 Å². The molecule has 4 rings (SSSR count). The van der Waals surface area contributed by atoms with Crippen LogP contribution < -0.4 is 4.74 Å². The Morgan fingerprint density at radius 3 is 3.11 bits per heavy atom. The van der Waals surface area contributed by atoms with Gasteiger partial charge in [-0.15, -0.1) is 0 Å². The van der Waals surface area contributed by atoms with Gasteiger partial charge in [0, 0.05) is 43.4 Å². The van der Waals surface area contributed by atoms with E-state index in [1.807, 2.05) is 24.3 Å². The summed E-state index contributed by atoms with van der Waals surface area (Å²) in [6, 6.07) is 7.67. The highest BCUT2D eigenvalue weighted by Gasteiger charge is 2.22. The van der Waals surface area contributed by atoms with Crippen molar-refractivity contribution >= 4 is 16.7 Å². The zero-order valence-corrected chi connectivity index (χ0v) is 15.8. The van der Waals surface area contributed by atoms with E-state index in [0.29, 0.717) is 12.4 Å². The Morgan fingerprint density at radius 1 is 1.32 bits per heavy atom. The summed E-state index contributed by atoms with van der Waals surface area (Å²) in [5.41, 5.74) is 0.277. The molecular weight excluding hydrogens is 358 g/mol. The lowest BCUT2D eigenvalue weighted by Crippen LogP contribution is -2.37. The number of aromatic nitrogens is 2. The smallest absolute Gasteiger partial charge is 0.275 e. The molecule has 1 atom stereocenters. The number of ether oxygens (including phenoxy) is 2. The molecule has 0 unspecified atom stereocenters. The van der Waals surface area contributed by atoms with E-state index < -0.39 is 0 Å². The summed E-state index contributed by atoms with van der Waals surface area (Å²) in [6.45, 7) is 1.47. The third kappa shape index (κ3) is 4.14. The third-order valence-electron chi connectivity index (χ3n) is 4.86. The highest BCUT2D eigenvalue weighted by molar-refractivity contribution is 5.91. The number of hydrogen-bond donors (Lipinski definition) is 0. The molecule has 0 radical (unpaired) electrons. The molecule has 28 heavy (non-hydrogen) atoms. The zero-order valence-electron chi connectivity index (χ0n) is 15.8. The molecule has 1 aliphatic heterocycles. The van der Waals surface area contributed by atoms with Crippen LogP contribution in [0.15, 0.2) is 47.3 Å². The molecule has 1 amide bonds. The Labute approximate surface area is 163 Å². The Balaban J connectivity index is 1.37. The molecule has 1 saturated heterocycles. The maximum absolute atomic E-state index is 12.6. The van der Waals surface area contributed by atoms with E-state index in [9.17, 15) is 4.79 Å². The molecule has 3 aromatic rings. The lowest BCUT2D eigenvalue weighted by molar-refractivity contribution is -0.000293. The number of nitrogens with zero attached hydrogens (tertiary/aromatic N) is 3. The van der Waals surface area contributed by atoms with Crippen molar-refractivity contribution in [2.45, 2.75) is 32.0 Å². The number of amides is 1. The number of carbonyl (C=O) groups is 1. The van der Waals surface area contributed by atoms with Crippen LogP contribution in [0.1, 0.15) is 35.6 Å². The van der Waals surface area contributed by atoms with Crippen LogP contribution in [0.25, 0.3) is 10.8 Å². The van der Waals surface area contributed by atoms with Gasteiger partial charge >= 0.3 is 0 Å². The average Bonchev–Trinajstić information content (AvgIpc) is 3.21. The van der Waals surface area contributed by atoms with Gasteiger partial charge in [0.05, 0.1) is 6.10 Å². The van der Waals surface area contributed by atoms with Crippen LogP contribution in [0.3, 0.4) is 0 Å². The Bertz CT molecular complexity index is 944. The lowest BCUT2D eigenvalue weighted by Gasteiger charge is -2.26. The third-order valence-corrected chi connectivity index (χ3v) is 4.86. The fraction of sp³-hybridized carbons (Fsp3) is 0.381. The predicted molar refractivity (Wildman–Crippen MR) is 103 cm³/mol. The minimum atomic E-state index is -0.180. The van der Waals surface area contributed by atoms with Crippen molar-refractivity contribution in [1.82, 2.24) is 14.9 Å². The largest absolute Gasteiger partial charge is 0.483 e. The second kappa shape index (κ2) is 8.39. The van der Waals surface area contributed by atoms with Crippen molar-refractivity contribution in [2.24, 2.45) is 0 Å². The summed E-state index contributed by atoms with van der Waals surface area (Å²) in [5, 5.41) is 1.96. The van der Waals surface area contributed by atoms with Crippen molar-refractivity contribution in [2.75, 3.05) is 20.2 Å². The average molecular weight is 381 g/mol. The van der Waals surface area contributed by atoms with Crippen LogP contribution in [-0.2, 0) is 11.3 Å². The van der Waals surface area contributed by atoms with E-state index in [4.69, 9.17) is 13.9 Å². The maximum atomic E-state index is 12.6. The molecule has 0 spiro atoms. The molecule has 0 bridgehead atoms. The van der Waals surface area contributed by atoms with E-state index in [1.165, 1.54) is 6.26 Å². The number of hydrogen-bond acceptors (Lipinski definition) is 6. The zero-order chi connectivity index (χ0) is 19.3. The first kappa shape index (κ1) is 18.4. The fourth-order valence-corrected chi connectivity index (χ4v) is 3.37. The molecule has 0 saturated carbocycles. The van der Waals surface area contributed by atoms with Crippen molar-refractivity contribution in [1.29, 1.82) is 0 Å². The number of benzene rings is 1. The van der Waals surface area contributed by atoms with Crippen LogP contribution in [-0.4, -0.2) is 47.1 Å². The van der Waals surface area contributed by atoms with Gasteiger partial charge in [-0.05, 0) is 31.4 Å². The summed E-state index contributed by atoms with van der Waals surface area (Å²) in [7, 11) is 1.76. The number of oxazole rings is 1. The number of rotatable bonds is 6. The Kier molecular flexibility index (Phi) is 5.53. The van der Waals surface area contributed by atoms with Crippen LogP contribution in [0.5, 0.6) is 5.75 Å². The van der Waals surface area contributed by atoms with Gasteiger partial charge in [0.2, 0.25) is 5.89 Å². The SMILES string of the molecule is CN(C[C@H]1CCCCO1)C(=O)c1coc(COc2cccc3cnccc23)n1. The topological polar surface area (TPSA) is 77.7 Å². The first-order valence-corrected chi connectivity index (χ1v) is 9.48. The molecule has 3 heterocycles. The number of likely N-dealkylation sites (N-methyl/N-ethyl adjacent to an activating group) is 1. The molecule has 146 valence electrons. The first-order valence-electron chi connectivity index (χ1n) is 9.48. The van der Waals surface area contributed by atoms with Crippen molar-refractivity contribution < 1.29 is 18.7 Å². The Hall–Kier alpha value is -2.93. The van der Waals surface area contributed by atoms with Gasteiger partial charge in [0.25, 0.3) is 5.91 Å². The van der Waals surface area contributed by atoms with Crippen LogP contribution >= 0.6 is 0 Å². The number of pyridine rings is 1. The molecule has 0 N–H and O–H groups in total. The number of carbonyl (C=O) groups excluding carboxylic acids is 1. The number of fused-ring (bicyclic) bond motifs is 1. The molecule has 1 aliphatic rings. The van der Waals surface area contributed by atoms with Gasteiger partial charge < -0.3 is 18.8 Å². The van der Waals surface area contributed by atoms with E-state index >= 15 is 0 Å².